The van der Waals surface area contributed by atoms with Crippen LogP contribution in [-0.2, 0) is 4.79 Å². The van der Waals surface area contributed by atoms with Gasteiger partial charge in [0.05, 0.1) is 22.8 Å². The summed E-state index contributed by atoms with van der Waals surface area (Å²) in [4.78, 5) is 43.9. The Hall–Kier alpha value is -3.73. The molecule has 0 atom stereocenters. The zero-order valence-electron chi connectivity index (χ0n) is 15.4. The summed E-state index contributed by atoms with van der Waals surface area (Å²) in [5.41, 5.74) is 1.62. The minimum Gasteiger partial charge on any atom is -0.339 e. The number of anilines is 1. The molecule has 1 aromatic heterocycles. The van der Waals surface area contributed by atoms with Crippen LogP contribution in [0.1, 0.15) is 33.2 Å². The lowest BCUT2D eigenvalue weighted by molar-refractivity contribution is -0.130. The number of nitrogens with one attached hydrogen (secondary N) is 1. The fourth-order valence-corrected chi connectivity index (χ4v) is 2.92. The second-order valence-electron chi connectivity index (χ2n) is 6.40. The van der Waals surface area contributed by atoms with Crippen LogP contribution in [0.4, 0.5) is 5.69 Å². The molecule has 2 heterocycles. The molecule has 0 unspecified atom stereocenters. The van der Waals surface area contributed by atoms with Gasteiger partial charge in [-0.25, -0.2) is 0 Å². The third-order valence-electron chi connectivity index (χ3n) is 4.53. The number of nitriles is 1. The molecule has 0 spiro atoms. The van der Waals surface area contributed by atoms with Gasteiger partial charge in [0.1, 0.15) is 0 Å². The standard InChI is InChI=1S/C20H19N5O3/c1-14(26)24-6-8-25(9-7-24)20(28)17-10-16(12-22-13-17)19(27)23-18-4-2-15(11-21)3-5-18/h2-5,10,12-13H,6-9H2,1H3,(H,23,27). The molecule has 3 amide bonds. The summed E-state index contributed by atoms with van der Waals surface area (Å²) in [5.74, 6) is -0.618. The molecule has 0 bridgehead atoms. The van der Waals surface area contributed by atoms with Gasteiger partial charge in [-0.1, -0.05) is 0 Å². The van der Waals surface area contributed by atoms with E-state index in [1.807, 2.05) is 6.07 Å². The Labute approximate surface area is 162 Å². The Balaban J connectivity index is 1.67. The minimum absolute atomic E-state index is 0.00441. The second kappa shape index (κ2) is 8.31. The highest BCUT2D eigenvalue weighted by Crippen LogP contribution is 2.13. The number of rotatable bonds is 3. The number of benzene rings is 1. The predicted molar refractivity (Wildman–Crippen MR) is 102 cm³/mol. The first-order valence-corrected chi connectivity index (χ1v) is 8.79. The van der Waals surface area contributed by atoms with Crippen molar-refractivity contribution < 1.29 is 14.4 Å². The highest BCUT2D eigenvalue weighted by molar-refractivity contribution is 6.05. The number of carbonyl (C=O) groups is 3. The molecule has 8 heteroatoms. The Morgan fingerprint density at radius 3 is 2.21 bits per heavy atom. The van der Waals surface area contributed by atoms with E-state index in [0.29, 0.717) is 43.0 Å². The Morgan fingerprint density at radius 1 is 1.00 bits per heavy atom. The highest BCUT2D eigenvalue weighted by Gasteiger charge is 2.24. The summed E-state index contributed by atoms with van der Waals surface area (Å²) in [6.45, 7) is 3.39. The summed E-state index contributed by atoms with van der Waals surface area (Å²) in [7, 11) is 0. The molecule has 1 aliphatic heterocycles. The van der Waals surface area contributed by atoms with Gasteiger partial charge in [-0.3, -0.25) is 19.4 Å². The Kier molecular flexibility index (Phi) is 5.65. The van der Waals surface area contributed by atoms with Crippen LogP contribution in [0.15, 0.2) is 42.7 Å². The molecule has 142 valence electrons. The van der Waals surface area contributed by atoms with Crippen LogP contribution in [0.2, 0.25) is 0 Å². The van der Waals surface area contributed by atoms with Crippen molar-refractivity contribution >= 4 is 23.4 Å². The number of hydrogen-bond donors (Lipinski definition) is 1. The number of aromatic nitrogens is 1. The molecule has 28 heavy (non-hydrogen) atoms. The van der Waals surface area contributed by atoms with E-state index in [9.17, 15) is 14.4 Å². The number of nitrogens with zero attached hydrogens (tertiary/aromatic N) is 4. The van der Waals surface area contributed by atoms with Crippen LogP contribution in [0, 0.1) is 11.3 Å². The first kappa shape index (κ1) is 19.0. The van der Waals surface area contributed by atoms with E-state index in [1.54, 1.807) is 34.1 Å². The van der Waals surface area contributed by atoms with E-state index in [2.05, 4.69) is 10.3 Å². The van der Waals surface area contributed by atoms with Gasteiger partial charge in [-0.2, -0.15) is 5.26 Å². The lowest BCUT2D eigenvalue weighted by Gasteiger charge is -2.34. The normalized spacial score (nSPS) is 13.6. The van der Waals surface area contributed by atoms with Crippen molar-refractivity contribution in [1.29, 1.82) is 5.26 Å². The van der Waals surface area contributed by atoms with Crippen molar-refractivity contribution in [2.75, 3.05) is 31.5 Å². The lowest BCUT2D eigenvalue weighted by Crippen LogP contribution is -2.50. The number of hydrogen-bond acceptors (Lipinski definition) is 5. The third-order valence-corrected chi connectivity index (χ3v) is 4.53. The number of piperazine rings is 1. The van der Waals surface area contributed by atoms with E-state index < -0.39 is 5.91 Å². The summed E-state index contributed by atoms with van der Waals surface area (Å²) in [6.07, 6.45) is 2.82. The zero-order chi connectivity index (χ0) is 20.1. The van der Waals surface area contributed by atoms with Crippen molar-refractivity contribution in [2.45, 2.75) is 6.92 Å². The topological polar surface area (TPSA) is 106 Å². The predicted octanol–water partition coefficient (Wildman–Crippen LogP) is 1.51. The molecule has 8 nitrogen and oxygen atoms in total. The van der Waals surface area contributed by atoms with Crippen LogP contribution < -0.4 is 5.32 Å². The van der Waals surface area contributed by atoms with Gasteiger partial charge >= 0.3 is 0 Å². The fourth-order valence-electron chi connectivity index (χ4n) is 2.92. The maximum Gasteiger partial charge on any atom is 0.257 e. The molecule has 0 radical (unpaired) electrons. The highest BCUT2D eigenvalue weighted by atomic mass is 16.2. The Morgan fingerprint density at radius 2 is 1.61 bits per heavy atom. The number of carbonyl (C=O) groups excluding carboxylic acids is 3. The van der Waals surface area contributed by atoms with Gasteiger partial charge in [0, 0.05) is 51.2 Å². The summed E-state index contributed by atoms with van der Waals surface area (Å²) >= 11 is 0. The molecule has 1 N–H and O–H groups in total. The van der Waals surface area contributed by atoms with Crippen LogP contribution in [-0.4, -0.2) is 58.7 Å². The van der Waals surface area contributed by atoms with Crippen molar-refractivity contribution in [1.82, 2.24) is 14.8 Å². The molecular formula is C20H19N5O3. The number of amides is 3. The smallest absolute Gasteiger partial charge is 0.257 e. The van der Waals surface area contributed by atoms with Crippen molar-refractivity contribution in [3.63, 3.8) is 0 Å². The van der Waals surface area contributed by atoms with Crippen molar-refractivity contribution in [3.8, 4) is 6.07 Å². The van der Waals surface area contributed by atoms with Crippen molar-refractivity contribution in [3.05, 3.63) is 59.4 Å². The van der Waals surface area contributed by atoms with Gasteiger partial charge in [-0.05, 0) is 30.3 Å². The van der Waals surface area contributed by atoms with Crippen LogP contribution in [0.3, 0.4) is 0 Å². The van der Waals surface area contributed by atoms with E-state index >= 15 is 0 Å². The minimum atomic E-state index is -0.395. The first-order valence-electron chi connectivity index (χ1n) is 8.79. The molecular weight excluding hydrogens is 358 g/mol. The van der Waals surface area contributed by atoms with Crippen LogP contribution >= 0.6 is 0 Å². The first-order chi connectivity index (χ1) is 13.5. The van der Waals surface area contributed by atoms with Crippen LogP contribution in [0.5, 0.6) is 0 Å². The fraction of sp³-hybridized carbons (Fsp3) is 0.250. The maximum atomic E-state index is 12.7. The molecule has 1 saturated heterocycles. The van der Waals surface area contributed by atoms with E-state index in [-0.39, 0.29) is 17.4 Å². The molecule has 0 saturated carbocycles. The van der Waals surface area contributed by atoms with E-state index in [0.717, 1.165) is 0 Å². The SMILES string of the molecule is CC(=O)N1CCN(C(=O)c2cncc(C(=O)Nc3ccc(C#N)cc3)c2)CC1. The molecule has 3 rings (SSSR count). The molecule has 2 aromatic rings. The number of pyridine rings is 1. The third kappa shape index (κ3) is 4.32. The second-order valence-corrected chi connectivity index (χ2v) is 6.40. The average Bonchev–Trinajstić information content (AvgIpc) is 2.74. The Bertz CT molecular complexity index is 941. The molecule has 1 aromatic carbocycles. The lowest BCUT2D eigenvalue weighted by atomic mass is 10.1. The van der Waals surface area contributed by atoms with Gasteiger partial charge in [0.15, 0.2) is 0 Å². The van der Waals surface area contributed by atoms with E-state index in [4.69, 9.17) is 5.26 Å². The van der Waals surface area contributed by atoms with Gasteiger partial charge < -0.3 is 15.1 Å². The van der Waals surface area contributed by atoms with Crippen LogP contribution in [0.25, 0.3) is 0 Å². The summed E-state index contributed by atoms with van der Waals surface area (Å²) in [5, 5.41) is 11.5. The van der Waals surface area contributed by atoms with Gasteiger partial charge in [0.25, 0.3) is 11.8 Å². The largest absolute Gasteiger partial charge is 0.339 e. The molecule has 1 aliphatic rings. The maximum absolute atomic E-state index is 12.7. The van der Waals surface area contributed by atoms with Gasteiger partial charge in [-0.15, -0.1) is 0 Å². The monoisotopic (exact) mass is 377 g/mol. The quantitative estimate of drug-likeness (QED) is 0.873. The average molecular weight is 377 g/mol. The zero-order valence-corrected chi connectivity index (χ0v) is 15.4. The van der Waals surface area contributed by atoms with E-state index in [1.165, 1.54) is 25.4 Å². The van der Waals surface area contributed by atoms with Crippen molar-refractivity contribution in [2.24, 2.45) is 0 Å². The summed E-state index contributed by atoms with van der Waals surface area (Å²) < 4.78 is 0. The molecule has 1 fully saturated rings. The van der Waals surface area contributed by atoms with Gasteiger partial charge in [0.2, 0.25) is 5.91 Å². The summed E-state index contributed by atoms with van der Waals surface area (Å²) in [6, 6.07) is 9.99. The molecule has 0 aliphatic carbocycles.